The van der Waals surface area contributed by atoms with Crippen LogP contribution < -0.4 is 14.8 Å². The second-order valence-corrected chi connectivity index (χ2v) is 5.74. The second-order valence-electron chi connectivity index (χ2n) is 5.36. The number of ether oxygens (including phenoxy) is 3. The minimum atomic E-state index is -0.733. The number of nitrogens with zero attached hydrogens (tertiary/aromatic N) is 1. The number of methoxy groups -OCH3 is 1. The van der Waals surface area contributed by atoms with Gasteiger partial charge in [0.25, 0.3) is 0 Å². The molecule has 0 aliphatic carbocycles. The largest absolute Gasteiger partial charge is 0.493 e. The molecule has 2 amide bonds. The predicted octanol–water partition coefficient (Wildman–Crippen LogP) is 2.72. The molecule has 1 N–H and O–H groups in total. The highest BCUT2D eigenvalue weighted by atomic mass is 35.5. The highest BCUT2D eigenvalue weighted by molar-refractivity contribution is 6.18. The molecular weight excluding hydrogens is 348 g/mol. The Kier molecular flexibility index (Phi) is 6.64. The number of benzene rings is 1. The Labute approximate surface area is 151 Å². The third-order valence-electron chi connectivity index (χ3n) is 3.76. The summed E-state index contributed by atoms with van der Waals surface area (Å²) in [5.41, 5.74) is 1.08. The maximum Gasteiger partial charge on any atom is 0.341 e. The van der Waals surface area contributed by atoms with Gasteiger partial charge in [-0.05, 0) is 31.5 Å². The molecule has 0 spiro atoms. The number of urea groups is 1. The lowest BCUT2D eigenvalue weighted by Gasteiger charge is -2.30. The van der Waals surface area contributed by atoms with Gasteiger partial charge in [-0.25, -0.2) is 9.79 Å². The zero-order chi connectivity index (χ0) is 18.4. The fourth-order valence-electron chi connectivity index (χ4n) is 2.68. The van der Waals surface area contributed by atoms with Crippen molar-refractivity contribution in [1.82, 2.24) is 5.32 Å². The number of aliphatic imine (C=N–C) groups is 1. The van der Waals surface area contributed by atoms with Crippen LogP contribution in [0.2, 0.25) is 0 Å². The fraction of sp³-hybridized carbons (Fsp3) is 0.471. The number of alkyl halides is 1. The molecule has 2 unspecified atom stereocenters. The lowest BCUT2D eigenvalue weighted by Crippen LogP contribution is -2.44. The van der Waals surface area contributed by atoms with Crippen molar-refractivity contribution in [3.63, 3.8) is 0 Å². The van der Waals surface area contributed by atoms with E-state index < -0.39 is 24.0 Å². The second kappa shape index (κ2) is 8.71. The Bertz CT molecular complexity index is 677. The molecule has 0 aromatic heterocycles. The van der Waals surface area contributed by atoms with Gasteiger partial charge in [-0.15, -0.1) is 11.6 Å². The summed E-state index contributed by atoms with van der Waals surface area (Å²) in [6, 6.07) is 4.13. The number of hydrogen-bond donors (Lipinski definition) is 1. The van der Waals surface area contributed by atoms with Crippen LogP contribution in [-0.2, 0) is 9.53 Å². The molecule has 1 aliphatic rings. The van der Waals surface area contributed by atoms with Crippen molar-refractivity contribution in [3.8, 4) is 11.5 Å². The fourth-order valence-corrected chi connectivity index (χ4v) is 2.76. The molecule has 1 aromatic rings. The SMILES string of the molecule is CCOc1ccc(C2NC(=O)N=C(C)C2C(=O)OCCCl)cc1OC. The third kappa shape index (κ3) is 4.42. The van der Waals surface area contributed by atoms with Crippen LogP contribution in [0.3, 0.4) is 0 Å². The molecule has 7 nitrogen and oxygen atoms in total. The van der Waals surface area contributed by atoms with Gasteiger partial charge in [-0.2, -0.15) is 0 Å². The topological polar surface area (TPSA) is 86.2 Å². The number of nitrogens with one attached hydrogen (secondary N) is 1. The van der Waals surface area contributed by atoms with Crippen LogP contribution in [0, 0.1) is 5.92 Å². The number of esters is 1. The molecule has 1 aromatic carbocycles. The summed E-state index contributed by atoms with van der Waals surface area (Å²) in [6.07, 6.45) is 0. The van der Waals surface area contributed by atoms with Gasteiger partial charge in [-0.1, -0.05) is 6.07 Å². The molecule has 25 heavy (non-hydrogen) atoms. The van der Waals surface area contributed by atoms with Crippen LogP contribution in [0.1, 0.15) is 25.5 Å². The Balaban J connectivity index is 2.37. The molecule has 0 bridgehead atoms. The van der Waals surface area contributed by atoms with Crippen LogP contribution in [0.5, 0.6) is 11.5 Å². The van der Waals surface area contributed by atoms with E-state index in [1.807, 2.05) is 6.92 Å². The van der Waals surface area contributed by atoms with Crippen LogP contribution in [-0.4, -0.2) is 43.9 Å². The first-order valence-corrected chi connectivity index (χ1v) is 8.44. The van der Waals surface area contributed by atoms with Crippen molar-refractivity contribution in [2.75, 3.05) is 26.2 Å². The van der Waals surface area contributed by atoms with Crippen molar-refractivity contribution >= 4 is 29.3 Å². The van der Waals surface area contributed by atoms with Gasteiger partial charge in [0.15, 0.2) is 11.5 Å². The smallest absolute Gasteiger partial charge is 0.341 e. The number of carbonyl (C=O) groups excluding carboxylic acids is 2. The summed E-state index contributed by atoms with van der Waals surface area (Å²) in [4.78, 5) is 28.1. The summed E-state index contributed by atoms with van der Waals surface area (Å²) >= 11 is 5.58. The van der Waals surface area contributed by atoms with Crippen LogP contribution in [0.15, 0.2) is 23.2 Å². The Morgan fingerprint density at radius 2 is 2.12 bits per heavy atom. The van der Waals surface area contributed by atoms with Crippen LogP contribution in [0.25, 0.3) is 0 Å². The first-order chi connectivity index (χ1) is 12.0. The molecule has 0 radical (unpaired) electrons. The van der Waals surface area contributed by atoms with Crippen molar-refractivity contribution in [3.05, 3.63) is 23.8 Å². The summed E-state index contributed by atoms with van der Waals surface area (Å²) < 4.78 is 16.0. The predicted molar refractivity (Wildman–Crippen MR) is 93.7 cm³/mol. The monoisotopic (exact) mass is 368 g/mol. The van der Waals surface area contributed by atoms with Gasteiger partial charge in [0.05, 0.1) is 25.6 Å². The van der Waals surface area contributed by atoms with Gasteiger partial charge in [0, 0.05) is 5.71 Å². The van der Waals surface area contributed by atoms with Gasteiger partial charge >= 0.3 is 12.0 Å². The number of carbonyl (C=O) groups is 2. The standard InChI is InChI=1S/C17H21ClN2O5/c1-4-24-12-6-5-11(9-13(12)23-3)15-14(16(21)25-8-7-18)10(2)19-17(22)20-15/h5-6,9,14-15H,4,7-8H2,1-3H3,(H,20,22). The van der Waals surface area contributed by atoms with E-state index in [2.05, 4.69) is 10.3 Å². The van der Waals surface area contributed by atoms with Crippen molar-refractivity contribution in [1.29, 1.82) is 0 Å². The van der Waals surface area contributed by atoms with Crippen molar-refractivity contribution in [2.45, 2.75) is 19.9 Å². The van der Waals surface area contributed by atoms with Crippen molar-refractivity contribution < 1.29 is 23.8 Å². The zero-order valence-electron chi connectivity index (χ0n) is 14.4. The number of amides is 2. The average molecular weight is 369 g/mol. The van der Waals surface area contributed by atoms with E-state index in [1.165, 1.54) is 7.11 Å². The van der Waals surface area contributed by atoms with Gasteiger partial charge < -0.3 is 19.5 Å². The summed E-state index contributed by atoms with van der Waals surface area (Å²) in [5.74, 6) is 0.0789. The minimum Gasteiger partial charge on any atom is -0.493 e. The van der Waals surface area contributed by atoms with Crippen molar-refractivity contribution in [2.24, 2.45) is 10.9 Å². The molecular formula is C17H21ClN2O5. The molecule has 0 fully saturated rings. The normalized spacial score (nSPS) is 19.7. The lowest BCUT2D eigenvalue weighted by molar-refractivity contribution is -0.146. The van der Waals surface area contributed by atoms with E-state index >= 15 is 0 Å². The molecule has 1 heterocycles. The van der Waals surface area contributed by atoms with E-state index in [-0.39, 0.29) is 12.5 Å². The van der Waals surface area contributed by atoms with Gasteiger partial charge in [-0.3, -0.25) is 4.79 Å². The van der Waals surface area contributed by atoms with E-state index in [0.717, 1.165) is 0 Å². The van der Waals surface area contributed by atoms with Gasteiger partial charge in [0.1, 0.15) is 12.5 Å². The zero-order valence-corrected chi connectivity index (χ0v) is 15.1. The number of rotatable bonds is 7. The first kappa shape index (κ1) is 19.1. The lowest BCUT2D eigenvalue weighted by atomic mass is 9.88. The van der Waals surface area contributed by atoms with E-state index in [0.29, 0.717) is 29.4 Å². The van der Waals surface area contributed by atoms with E-state index in [4.69, 9.17) is 25.8 Å². The van der Waals surface area contributed by atoms with E-state index in [1.54, 1.807) is 25.1 Å². The Hall–Kier alpha value is -2.28. The maximum absolute atomic E-state index is 12.4. The average Bonchev–Trinajstić information content (AvgIpc) is 2.59. The first-order valence-electron chi connectivity index (χ1n) is 7.90. The van der Waals surface area contributed by atoms with E-state index in [9.17, 15) is 9.59 Å². The van der Waals surface area contributed by atoms with Crippen LogP contribution >= 0.6 is 11.6 Å². The number of hydrogen-bond acceptors (Lipinski definition) is 5. The molecule has 136 valence electrons. The molecule has 2 atom stereocenters. The molecule has 8 heteroatoms. The number of halogens is 1. The Morgan fingerprint density at radius 1 is 1.36 bits per heavy atom. The highest BCUT2D eigenvalue weighted by Gasteiger charge is 2.38. The molecule has 1 aliphatic heterocycles. The quantitative estimate of drug-likeness (QED) is 0.590. The molecule has 2 rings (SSSR count). The summed E-state index contributed by atoms with van der Waals surface area (Å²) in [5, 5.41) is 2.72. The highest BCUT2D eigenvalue weighted by Crippen LogP contribution is 2.34. The summed E-state index contributed by atoms with van der Waals surface area (Å²) in [6.45, 7) is 4.09. The maximum atomic E-state index is 12.4. The Morgan fingerprint density at radius 3 is 2.76 bits per heavy atom. The third-order valence-corrected chi connectivity index (χ3v) is 3.92. The minimum absolute atomic E-state index is 0.0947. The van der Waals surface area contributed by atoms with Gasteiger partial charge in [0.2, 0.25) is 0 Å². The van der Waals surface area contributed by atoms with Crippen LogP contribution in [0.4, 0.5) is 4.79 Å². The summed E-state index contributed by atoms with van der Waals surface area (Å²) in [7, 11) is 1.53. The molecule has 0 saturated carbocycles. The molecule has 0 saturated heterocycles.